The van der Waals surface area contributed by atoms with Gasteiger partial charge in [-0.15, -0.1) is 22.9 Å². The maximum Gasteiger partial charge on any atom is 0.0706 e. The Labute approximate surface area is 96.3 Å². The minimum atomic E-state index is 0.202. The van der Waals surface area contributed by atoms with Gasteiger partial charge in [-0.05, 0) is 37.8 Å². The van der Waals surface area contributed by atoms with E-state index in [1.54, 1.807) is 0 Å². The summed E-state index contributed by atoms with van der Waals surface area (Å²) in [6.07, 6.45) is 2.43. The summed E-state index contributed by atoms with van der Waals surface area (Å²) in [5.74, 6) is 0.582. The Morgan fingerprint density at radius 1 is 1.43 bits per heavy atom. The van der Waals surface area contributed by atoms with Crippen molar-refractivity contribution in [1.29, 1.82) is 0 Å². The molecule has 1 aromatic heterocycles. The van der Waals surface area contributed by atoms with Crippen LogP contribution in [-0.4, -0.2) is 0 Å². The Balaban J connectivity index is 2.77. The first-order valence-electron chi connectivity index (χ1n) is 5.27. The van der Waals surface area contributed by atoms with Crippen molar-refractivity contribution in [1.82, 2.24) is 0 Å². The van der Waals surface area contributed by atoms with Gasteiger partial charge in [-0.2, -0.15) is 0 Å². The summed E-state index contributed by atoms with van der Waals surface area (Å²) < 4.78 is 0. The maximum absolute atomic E-state index is 6.46. The third-order valence-corrected chi connectivity index (χ3v) is 4.59. The van der Waals surface area contributed by atoms with E-state index < -0.39 is 0 Å². The van der Waals surface area contributed by atoms with E-state index in [1.165, 1.54) is 28.2 Å². The van der Waals surface area contributed by atoms with Gasteiger partial charge in [0.15, 0.2) is 0 Å². The van der Waals surface area contributed by atoms with Crippen molar-refractivity contribution in [2.24, 2.45) is 5.92 Å². The highest BCUT2D eigenvalue weighted by molar-refractivity contribution is 7.12. The first-order chi connectivity index (χ1) is 6.56. The van der Waals surface area contributed by atoms with Crippen molar-refractivity contribution in [3.05, 3.63) is 21.4 Å². The lowest BCUT2D eigenvalue weighted by Crippen LogP contribution is -2.02. The quantitative estimate of drug-likeness (QED) is 0.633. The molecule has 0 N–H and O–H groups in total. The highest BCUT2D eigenvalue weighted by Crippen LogP contribution is 2.38. The number of aryl methyl sites for hydroxylation is 2. The fourth-order valence-electron chi connectivity index (χ4n) is 1.79. The monoisotopic (exact) mass is 230 g/mol. The van der Waals surface area contributed by atoms with Crippen LogP contribution in [0.4, 0.5) is 0 Å². The molecular weight excluding hydrogens is 212 g/mol. The Hall–Kier alpha value is -0.0100. The average Bonchev–Trinajstić information content (AvgIpc) is 2.44. The third kappa shape index (κ3) is 2.74. The summed E-state index contributed by atoms with van der Waals surface area (Å²) in [5, 5.41) is 0.202. The molecule has 0 aromatic carbocycles. The van der Waals surface area contributed by atoms with Gasteiger partial charge in [0.05, 0.1) is 5.38 Å². The van der Waals surface area contributed by atoms with Crippen molar-refractivity contribution in [3.63, 3.8) is 0 Å². The van der Waals surface area contributed by atoms with E-state index in [4.69, 9.17) is 11.6 Å². The first-order valence-corrected chi connectivity index (χ1v) is 6.52. The van der Waals surface area contributed by atoms with Crippen LogP contribution in [0.25, 0.3) is 0 Å². The Morgan fingerprint density at radius 3 is 2.50 bits per heavy atom. The van der Waals surface area contributed by atoms with Gasteiger partial charge in [0.1, 0.15) is 0 Å². The van der Waals surface area contributed by atoms with Gasteiger partial charge in [0, 0.05) is 9.75 Å². The molecule has 0 aliphatic rings. The summed E-state index contributed by atoms with van der Waals surface area (Å²) >= 11 is 8.31. The molecule has 0 saturated heterocycles. The maximum atomic E-state index is 6.46. The zero-order valence-electron chi connectivity index (χ0n) is 9.43. The molecule has 1 aromatic rings. The smallest absolute Gasteiger partial charge is 0.0706 e. The lowest BCUT2D eigenvalue weighted by molar-refractivity contribution is 0.510. The van der Waals surface area contributed by atoms with Crippen LogP contribution in [-0.2, 0) is 0 Å². The normalized spacial score (nSPS) is 15.5. The number of hydrogen-bond acceptors (Lipinski definition) is 1. The summed E-state index contributed by atoms with van der Waals surface area (Å²) in [7, 11) is 0. The summed E-state index contributed by atoms with van der Waals surface area (Å²) in [4.78, 5) is 2.73. The zero-order valence-corrected chi connectivity index (χ0v) is 11.0. The van der Waals surface area contributed by atoms with E-state index in [1.807, 2.05) is 11.3 Å². The van der Waals surface area contributed by atoms with Crippen LogP contribution < -0.4 is 0 Å². The minimum absolute atomic E-state index is 0.202. The highest BCUT2D eigenvalue weighted by Gasteiger charge is 2.19. The zero-order chi connectivity index (χ0) is 10.7. The molecule has 2 heteroatoms. The van der Waals surface area contributed by atoms with Crippen LogP contribution in [0.5, 0.6) is 0 Å². The van der Waals surface area contributed by atoms with Crippen LogP contribution in [0.1, 0.15) is 47.4 Å². The minimum Gasteiger partial charge on any atom is -0.144 e. The van der Waals surface area contributed by atoms with Crippen LogP contribution in [0.3, 0.4) is 0 Å². The van der Waals surface area contributed by atoms with Crippen molar-refractivity contribution in [3.8, 4) is 0 Å². The lowest BCUT2D eigenvalue weighted by Gasteiger charge is -2.16. The molecule has 0 spiro atoms. The standard InChI is InChI=1S/C12H19ClS/c1-5-6-8(2)11(13)12-9(3)7-10(4)14-12/h7-8,11H,5-6H2,1-4H3. The molecule has 1 heterocycles. The molecular formula is C12H19ClS. The van der Waals surface area contributed by atoms with Crippen LogP contribution in [0, 0.1) is 19.8 Å². The molecule has 2 atom stereocenters. The predicted molar refractivity (Wildman–Crippen MR) is 66.5 cm³/mol. The van der Waals surface area contributed by atoms with Crippen molar-refractivity contribution in [2.45, 2.75) is 45.9 Å². The number of halogens is 1. The molecule has 1 rings (SSSR count). The summed E-state index contributed by atoms with van der Waals surface area (Å²) in [6, 6.07) is 2.23. The number of rotatable bonds is 4. The molecule has 0 saturated carbocycles. The second-order valence-electron chi connectivity index (χ2n) is 4.07. The first kappa shape index (κ1) is 12.1. The molecule has 0 bridgehead atoms. The second-order valence-corrected chi connectivity index (χ2v) is 5.83. The van der Waals surface area contributed by atoms with E-state index in [-0.39, 0.29) is 5.38 Å². The third-order valence-electron chi connectivity index (χ3n) is 2.57. The second kappa shape index (κ2) is 5.18. The highest BCUT2D eigenvalue weighted by atomic mass is 35.5. The van der Waals surface area contributed by atoms with E-state index in [0.717, 1.165) is 0 Å². The average molecular weight is 231 g/mol. The summed E-state index contributed by atoms with van der Waals surface area (Å²) in [6.45, 7) is 8.77. The van der Waals surface area contributed by atoms with Crippen molar-refractivity contribution >= 4 is 22.9 Å². The molecule has 0 aliphatic carbocycles. The van der Waals surface area contributed by atoms with E-state index in [9.17, 15) is 0 Å². The van der Waals surface area contributed by atoms with Gasteiger partial charge < -0.3 is 0 Å². The Bertz CT molecular complexity index is 291. The molecule has 2 unspecified atom stereocenters. The topological polar surface area (TPSA) is 0 Å². The predicted octanol–water partition coefficient (Wildman–Crippen LogP) is 5.08. The fraction of sp³-hybridized carbons (Fsp3) is 0.667. The SMILES string of the molecule is CCCC(C)C(Cl)c1sc(C)cc1C. The largest absolute Gasteiger partial charge is 0.144 e. The van der Waals surface area contributed by atoms with Crippen LogP contribution in [0.15, 0.2) is 6.07 Å². The van der Waals surface area contributed by atoms with Gasteiger partial charge in [-0.3, -0.25) is 0 Å². The van der Waals surface area contributed by atoms with Crippen molar-refractivity contribution in [2.75, 3.05) is 0 Å². The molecule has 80 valence electrons. The van der Waals surface area contributed by atoms with Gasteiger partial charge in [0.25, 0.3) is 0 Å². The van der Waals surface area contributed by atoms with Gasteiger partial charge in [-0.25, -0.2) is 0 Å². The Morgan fingerprint density at radius 2 is 2.07 bits per heavy atom. The number of hydrogen-bond donors (Lipinski definition) is 0. The number of thiophene rings is 1. The van der Waals surface area contributed by atoms with E-state index in [0.29, 0.717) is 5.92 Å². The molecule has 0 nitrogen and oxygen atoms in total. The van der Waals surface area contributed by atoms with Gasteiger partial charge in [-0.1, -0.05) is 20.3 Å². The van der Waals surface area contributed by atoms with Crippen LogP contribution in [0.2, 0.25) is 0 Å². The van der Waals surface area contributed by atoms with E-state index >= 15 is 0 Å². The number of alkyl halides is 1. The van der Waals surface area contributed by atoms with Gasteiger partial charge in [0.2, 0.25) is 0 Å². The molecule has 14 heavy (non-hydrogen) atoms. The van der Waals surface area contributed by atoms with Crippen LogP contribution >= 0.6 is 22.9 Å². The lowest BCUT2D eigenvalue weighted by atomic mass is 9.99. The van der Waals surface area contributed by atoms with Crippen molar-refractivity contribution < 1.29 is 0 Å². The fourth-order valence-corrected chi connectivity index (χ4v) is 3.37. The molecule has 0 amide bonds. The summed E-state index contributed by atoms with van der Waals surface area (Å²) in [5.41, 5.74) is 1.36. The molecule has 0 aliphatic heterocycles. The Kier molecular flexibility index (Phi) is 4.46. The molecule has 0 fully saturated rings. The van der Waals surface area contributed by atoms with Gasteiger partial charge >= 0.3 is 0 Å². The van der Waals surface area contributed by atoms with E-state index in [2.05, 4.69) is 33.8 Å². The molecule has 0 radical (unpaired) electrons.